The average molecular weight is 366 g/mol. The van der Waals surface area contributed by atoms with E-state index in [1.54, 1.807) is 11.3 Å². The molecule has 0 amide bonds. The first-order valence-electron chi connectivity index (χ1n) is 6.64. The van der Waals surface area contributed by atoms with Crippen molar-refractivity contribution in [2.24, 2.45) is 0 Å². The fraction of sp³-hybridized carbons (Fsp3) is 0.250. The minimum Gasteiger partial charge on any atom is -0.306 e. The highest BCUT2D eigenvalue weighted by molar-refractivity contribution is 9.10. The van der Waals surface area contributed by atoms with Crippen molar-refractivity contribution >= 4 is 48.7 Å². The quantitative estimate of drug-likeness (QED) is 0.622. The molecule has 1 unspecified atom stereocenters. The molecule has 0 radical (unpaired) electrons. The molecule has 4 heteroatoms. The largest absolute Gasteiger partial charge is 0.306 e. The second kappa shape index (κ2) is 5.98. The zero-order chi connectivity index (χ0) is 14.1. The van der Waals surface area contributed by atoms with E-state index in [1.165, 1.54) is 31.2 Å². The molecule has 0 saturated heterocycles. The van der Waals surface area contributed by atoms with E-state index in [-0.39, 0.29) is 6.04 Å². The summed E-state index contributed by atoms with van der Waals surface area (Å²) in [6, 6.07) is 6.74. The Morgan fingerprint density at radius 2 is 2.05 bits per heavy atom. The minimum absolute atomic E-state index is 0.286. The van der Waals surface area contributed by atoms with Crippen molar-refractivity contribution in [1.29, 1.82) is 0 Å². The van der Waals surface area contributed by atoms with Gasteiger partial charge in [0.2, 0.25) is 0 Å². The van der Waals surface area contributed by atoms with Gasteiger partial charge in [-0.3, -0.25) is 0 Å². The molecule has 2 aromatic heterocycles. The molecule has 104 valence electrons. The van der Waals surface area contributed by atoms with E-state index in [4.69, 9.17) is 0 Å². The van der Waals surface area contributed by atoms with Gasteiger partial charge in [-0.2, -0.15) is 11.3 Å². The highest BCUT2D eigenvalue weighted by Gasteiger charge is 2.19. The van der Waals surface area contributed by atoms with Crippen molar-refractivity contribution in [1.82, 2.24) is 5.32 Å². The van der Waals surface area contributed by atoms with Crippen LogP contribution in [0.15, 0.2) is 38.8 Å². The highest BCUT2D eigenvalue weighted by Crippen LogP contribution is 2.38. The third-order valence-electron chi connectivity index (χ3n) is 3.51. The van der Waals surface area contributed by atoms with Gasteiger partial charge >= 0.3 is 0 Å². The Morgan fingerprint density at radius 1 is 1.20 bits per heavy atom. The van der Waals surface area contributed by atoms with Crippen molar-refractivity contribution in [2.45, 2.75) is 19.9 Å². The Kier molecular flexibility index (Phi) is 4.26. The van der Waals surface area contributed by atoms with Gasteiger partial charge in [-0.1, -0.05) is 19.1 Å². The number of rotatable bonds is 4. The van der Waals surface area contributed by atoms with E-state index in [0.717, 1.165) is 6.54 Å². The predicted molar refractivity (Wildman–Crippen MR) is 94.1 cm³/mol. The molecule has 0 aliphatic carbocycles. The van der Waals surface area contributed by atoms with E-state index in [0.29, 0.717) is 0 Å². The van der Waals surface area contributed by atoms with Crippen LogP contribution in [0.5, 0.6) is 0 Å². The molecule has 1 nitrogen and oxygen atoms in total. The van der Waals surface area contributed by atoms with Crippen LogP contribution in [0.3, 0.4) is 0 Å². The lowest BCUT2D eigenvalue weighted by Crippen LogP contribution is -2.21. The van der Waals surface area contributed by atoms with Crippen LogP contribution in [0.1, 0.15) is 29.7 Å². The first kappa shape index (κ1) is 14.3. The number of thiophene rings is 2. The fourth-order valence-electron chi connectivity index (χ4n) is 2.52. The van der Waals surface area contributed by atoms with Crippen LogP contribution >= 0.6 is 38.6 Å². The zero-order valence-corrected chi connectivity index (χ0v) is 14.7. The van der Waals surface area contributed by atoms with Gasteiger partial charge in [-0.15, -0.1) is 11.3 Å². The third-order valence-corrected chi connectivity index (χ3v) is 6.36. The lowest BCUT2D eigenvalue weighted by atomic mass is 9.98. The predicted octanol–water partition coefficient (Wildman–Crippen LogP) is 5.73. The summed E-state index contributed by atoms with van der Waals surface area (Å²) < 4.78 is 2.52. The number of halogens is 1. The Hall–Kier alpha value is -0.680. The molecule has 1 atom stereocenters. The molecular weight excluding hydrogens is 350 g/mol. The van der Waals surface area contributed by atoms with Crippen molar-refractivity contribution in [3.8, 4) is 0 Å². The summed E-state index contributed by atoms with van der Waals surface area (Å²) in [6.45, 7) is 5.32. The normalized spacial score (nSPS) is 12.9. The number of fused-ring (bicyclic) bond motifs is 1. The van der Waals surface area contributed by atoms with Crippen molar-refractivity contribution < 1.29 is 0 Å². The van der Waals surface area contributed by atoms with Crippen molar-refractivity contribution in [3.63, 3.8) is 0 Å². The van der Waals surface area contributed by atoms with Crippen LogP contribution in [-0.4, -0.2) is 6.54 Å². The molecule has 0 aliphatic heterocycles. The molecule has 0 bridgehead atoms. The van der Waals surface area contributed by atoms with Gasteiger partial charge in [0.05, 0.1) is 6.04 Å². The average Bonchev–Trinajstić information content (AvgIpc) is 3.04. The number of benzene rings is 1. The molecule has 1 aromatic carbocycles. The third kappa shape index (κ3) is 2.46. The number of nitrogens with one attached hydrogen (secondary N) is 1. The minimum atomic E-state index is 0.286. The van der Waals surface area contributed by atoms with Gasteiger partial charge in [0.1, 0.15) is 0 Å². The summed E-state index contributed by atoms with van der Waals surface area (Å²) in [4.78, 5) is 0. The molecule has 1 N–H and O–H groups in total. The molecular formula is C16H16BrNS2. The van der Waals surface area contributed by atoms with Crippen LogP contribution in [-0.2, 0) is 0 Å². The number of aryl methyl sites for hydroxylation is 1. The van der Waals surface area contributed by atoms with E-state index in [9.17, 15) is 0 Å². The first-order chi connectivity index (χ1) is 9.72. The van der Waals surface area contributed by atoms with E-state index >= 15 is 0 Å². The van der Waals surface area contributed by atoms with Gasteiger partial charge in [0.15, 0.2) is 0 Å². The second-order valence-electron chi connectivity index (χ2n) is 4.81. The lowest BCUT2D eigenvalue weighted by Gasteiger charge is -2.18. The lowest BCUT2D eigenvalue weighted by molar-refractivity contribution is 0.635. The second-order valence-corrected chi connectivity index (χ2v) is 7.29. The molecule has 0 spiro atoms. The summed E-state index contributed by atoms with van der Waals surface area (Å²) in [5, 5.41) is 11.8. The monoisotopic (exact) mass is 365 g/mol. The maximum absolute atomic E-state index is 3.65. The van der Waals surface area contributed by atoms with Crippen LogP contribution < -0.4 is 5.32 Å². The molecule has 2 heterocycles. The SMILES string of the molecule is CCNC(c1cscc1C)c1csc2c(Br)cccc12. The first-order valence-corrected chi connectivity index (χ1v) is 9.25. The van der Waals surface area contributed by atoms with E-state index < -0.39 is 0 Å². The summed E-state index contributed by atoms with van der Waals surface area (Å²) >= 11 is 7.25. The molecule has 0 fully saturated rings. The standard InChI is InChI=1S/C16H16BrNS2/c1-3-18-15(12-8-19-7-10(12)2)13-9-20-16-11(13)5-4-6-14(16)17/h4-9,15,18H,3H2,1-2H3. The molecule has 0 aliphatic rings. The summed E-state index contributed by atoms with van der Waals surface area (Å²) in [6.07, 6.45) is 0. The Labute approximate surface area is 135 Å². The number of hydrogen-bond acceptors (Lipinski definition) is 3. The Morgan fingerprint density at radius 3 is 2.75 bits per heavy atom. The Bertz CT molecular complexity index is 729. The van der Waals surface area contributed by atoms with Gasteiger partial charge in [-0.25, -0.2) is 0 Å². The maximum atomic E-state index is 3.65. The van der Waals surface area contributed by atoms with Crippen LogP contribution in [0, 0.1) is 6.92 Å². The van der Waals surface area contributed by atoms with Gasteiger partial charge < -0.3 is 5.32 Å². The molecule has 3 aromatic rings. The summed E-state index contributed by atoms with van der Waals surface area (Å²) in [5.74, 6) is 0. The van der Waals surface area contributed by atoms with Gasteiger partial charge in [0.25, 0.3) is 0 Å². The van der Waals surface area contributed by atoms with E-state index in [2.05, 4.69) is 69.4 Å². The Balaban J connectivity index is 2.15. The summed E-state index contributed by atoms with van der Waals surface area (Å²) in [5.41, 5.74) is 4.15. The van der Waals surface area contributed by atoms with Gasteiger partial charge in [-0.05, 0) is 73.7 Å². The molecule has 3 rings (SSSR count). The highest BCUT2D eigenvalue weighted by atomic mass is 79.9. The topological polar surface area (TPSA) is 12.0 Å². The van der Waals surface area contributed by atoms with Crippen molar-refractivity contribution in [2.75, 3.05) is 6.54 Å². The van der Waals surface area contributed by atoms with Crippen LogP contribution in [0.2, 0.25) is 0 Å². The fourth-order valence-corrected chi connectivity index (χ4v) is 5.05. The summed E-state index contributed by atoms with van der Waals surface area (Å²) in [7, 11) is 0. The number of hydrogen-bond donors (Lipinski definition) is 1. The zero-order valence-electron chi connectivity index (χ0n) is 11.4. The van der Waals surface area contributed by atoms with Crippen LogP contribution in [0.4, 0.5) is 0 Å². The maximum Gasteiger partial charge on any atom is 0.0601 e. The smallest absolute Gasteiger partial charge is 0.0601 e. The van der Waals surface area contributed by atoms with E-state index in [1.807, 2.05) is 11.3 Å². The van der Waals surface area contributed by atoms with Crippen LogP contribution in [0.25, 0.3) is 10.1 Å². The van der Waals surface area contributed by atoms with Gasteiger partial charge in [0, 0.05) is 9.17 Å². The molecule has 20 heavy (non-hydrogen) atoms. The van der Waals surface area contributed by atoms with Crippen molar-refractivity contribution in [3.05, 3.63) is 55.5 Å². The molecule has 0 saturated carbocycles.